The van der Waals surface area contributed by atoms with Crippen LogP contribution in [0.1, 0.15) is 29.4 Å². The van der Waals surface area contributed by atoms with Crippen molar-refractivity contribution in [2.75, 3.05) is 6.54 Å². The summed E-state index contributed by atoms with van der Waals surface area (Å²) in [5.74, 6) is 0.524. The van der Waals surface area contributed by atoms with Gasteiger partial charge in [0, 0.05) is 25.0 Å². The van der Waals surface area contributed by atoms with Crippen LogP contribution in [0.2, 0.25) is 0 Å². The second kappa shape index (κ2) is 6.25. The van der Waals surface area contributed by atoms with E-state index in [9.17, 15) is 18.3 Å². The number of likely N-dealkylation sites (tertiary alicyclic amines) is 1. The van der Waals surface area contributed by atoms with Crippen molar-refractivity contribution in [2.24, 2.45) is 0 Å². The first-order valence-corrected chi connectivity index (χ1v) is 7.29. The largest absolute Gasteiger partial charge is 0.416 e. The van der Waals surface area contributed by atoms with Gasteiger partial charge in [-0.25, -0.2) is 9.97 Å². The number of benzene rings is 1. The van der Waals surface area contributed by atoms with Crippen LogP contribution < -0.4 is 0 Å². The number of aromatic nitrogens is 2. The Hall–Kier alpha value is -1.99. The van der Waals surface area contributed by atoms with Gasteiger partial charge in [0.1, 0.15) is 5.82 Å². The summed E-state index contributed by atoms with van der Waals surface area (Å²) in [7, 11) is 0. The van der Waals surface area contributed by atoms with Gasteiger partial charge in [0.05, 0.1) is 18.2 Å². The molecule has 1 saturated heterocycles. The first-order valence-electron chi connectivity index (χ1n) is 7.29. The van der Waals surface area contributed by atoms with Gasteiger partial charge >= 0.3 is 6.18 Å². The predicted molar refractivity (Wildman–Crippen MR) is 77.3 cm³/mol. The number of nitrogens with zero attached hydrogens (tertiary/aromatic N) is 3. The molecule has 0 radical (unpaired) electrons. The van der Waals surface area contributed by atoms with Gasteiger partial charge in [-0.1, -0.05) is 18.2 Å². The maximum Gasteiger partial charge on any atom is 0.416 e. The Morgan fingerprint density at radius 1 is 1.13 bits per heavy atom. The van der Waals surface area contributed by atoms with E-state index < -0.39 is 23.9 Å². The predicted octanol–water partition coefficient (Wildman–Crippen LogP) is 2.80. The molecule has 1 aromatic carbocycles. The van der Waals surface area contributed by atoms with Crippen LogP contribution in [-0.2, 0) is 12.7 Å². The second-order valence-electron chi connectivity index (χ2n) is 5.58. The second-order valence-corrected chi connectivity index (χ2v) is 5.58. The molecular formula is C16H16F3N3O. The zero-order valence-electron chi connectivity index (χ0n) is 12.2. The van der Waals surface area contributed by atoms with E-state index in [4.69, 9.17) is 0 Å². The van der Waals surface area contributed by atoms with Crippen molar-refractivity contribution in [1.29, 1.82) is 0 Å². The van der Waals surface area contributed by atoms with Crippen molar-refractivity contribution in [3.8, 4) is 0 Å². The van der Waals surface area contributed by atoms with Gasteiger partial charge in [-0.3, -0.25) is 4.90 Å². The molecule has 1 aliphatic heterocycles. The molecular weight excluding hydrogens is 307 g/mol. The van der Waals surface area contributed by atoms with Crippen LogP contribution in [-0.4, -0.2) is 32.6 Å². The molecule has 122 valence electrons. The maximum absolute atomic E-state index is 13.2. The fourth-order valence-electron chi connectivity index (χ4n) is 3.02. The summed E-state index contributed by atoms with van der Waals surface area (Å²) in [6.45, 7) is 0.601. The van der Waals surface area contributed by atoms with Crippen LogP contribution in [0.3, 0.4) is 0 Å². The first kappa shape index (κ1) is 15.9. The lowest BCUT2D eigenvalue weighted by atomic mass is 9.97. The monoisotopic (exact) mass is 323 g/mol. The third-order valence-electron chi connectivity index (χ3n) is 3.97. The molecule has 1 N–H and O–H groups in total. The molecule has 2 unspecified atom stereocenters. The Balaban J connectivity index is 1.91. The number of aliphatic hydroxyl groups excluding tert-OH is 1. The Kier molecular flexibility index (Phi) is 4.32. The zero-order valence-corrected chi connectivity index (χ0v) is 12.2. The van der Waals surface area contributed by atoms with Crippen LogP contribution >= 0.6 is 0 Å². The average molecular weight is 323 g/mol. The van der Waals surface area contributed by atoms with Crippen LogP contribution in [0.5, 0.6) is 0 Å². The number of hydrogen-bond donors (Lipinski definition) is 1. The summed E-state index contributed by atoms with van der Waals surface area (Å²) in [6, 6.07) is 6.70. The molecule has 3 rings (SSSR count). The van der Waals surface area contributed by atoms with E-state index in [1.165, 1.54) is 12.1 Å². The van der Waals surface area contributed by atoms with Gasteiger partial charge in [-0.2, -0.15) is 13.2 Å². The van der Waals surface area contributed by atoms with Crippen LogP contribution in [0.4, 0.5) is 13.2 Å². The molecule has 2 aromatic rings. The van der Waals surface area contributed by atoms with E-state index in [-0.39, 0.29) is 12.0 Å². The first-order chi connectivity index (χ1) is 10.9. The third-order valence-corrected chi connectivity index (χ3v) is 3.97. The Morgan fingerprint density at radius 2 is 1.83 bits per heavy atom. The van der Waals surface area contributed by atoms with Gasteiger partial charge in [-0.05, 0) is 24.1 Å². The molecule has 0 saturated carbocycles. The minimum atomic E-state index is -4.42. The Labute approximate surface area is 131 Å². The summed E-state index contributed by atoms with van der Waals surface area (Å²) in [4.78, 5) is 10.0. The molecule has 1 fully saturated rings. The van der Waals surface area contributed by atoms with Gasteiger partial charge in [0.15, 0.2) is 0 Å². The molecule has 0 bridgehead atoms. The van der Waals surface area contributed by atoms with Crippen molar-refractivity contribution in [2.45, 2.75) is 31.3 Å². The fraction of sp³-hybridized carbons (Fsp3) is 0.375. The molecule has 0 amide bonds. The lowest BCUT2D eigenvalue weighted by molar-refractivity contribution is -0.138. The van der Waals surface area contributed by atoms with Crippen molar-refractivity contribution in [3.63, 3.8) is 0 Å². The van der Waals surface area contributed by atoms with Crippen molar-refractivity contribution < 1.29 is 18.3 Å². The van der Waals surface area contributed by atoms with Crippen LogP contribution in [0.25, 0.3) is 0 Å². The highest BCUT2D eigenvalue weighted by molar-refractivity contribution is 5.33. The number of halogens is 3. The summed E-state index contributed by atoms with van der Waals surface area (Å²) in [5.41, 5.74) is -0.467. The van der Waals surface area contributed by atoms with E-state index in [1.54, 1.807) is 29.4 Å². The van der Waals surface area contributed by atoms with Gasteiger partial charge < -0.3 is 5.11 Å². The highest BCUT2D eigenvalue weighted by Crippen LogP contribution is 2.40. The average Bonchev–Trinajstić information content (AvgIpc) is 2.88. The lowest BCUT2D eigenvalue weighted by Gasteiger charge is -2.26. The summed E-state index contributed by atoms with van der Waals surface area (Å²) < 4.78 is 39.7. The van der Waals surface area contributed by atoms with E-state index in [1.807, 2.05) is 0 Å². The smallest absolute Gasteiger partial charge is 0.392 e. The zero-order chi connectivity index (χ0) is 16.4. The summed E-state index contributed by atoms with van der Waals surface area (Å²) in [6.07, 6.45) is -1.63. The normalized spacial score (nSPS) is 22.4. The molecule has 1 aromatic heterocycles. The lowest BCUT2D eigenvalue weighted by Crippen LogP contribution is -2.26. The van der Waals surface area contributed by atoms with Crippen molar-refractivity contribution >= 4 is 0 Å². The summed E-state index contributed by atoms with van der Waals surface area (Å²) >= 11 is 0. The number of rotatable bonds is 3. The molecule has 0 spiro atoms. The van der Waals surface area contributed by atoms with Crippen LogP contribution in [0.15, 0.2) is 42.7 Å². The van der Waals surface area contributed by atoms with E-state index in [2.05, 4.69) is 9.97 Å². The number of alkyl halides is 3. The number of β-amino-alcohol motifs (C(OH)–C–C–N with tert-alkyl or cyclic N) is 1. The van der Waals surface area contributed by atoms with E-state index in [0.717, 1.165) is 6.07 Å². The quantitative estimate of drug-likeness (QED) is 0.944. The van der Waals surface area contributed by atoms with Crippen LogP contribution in [0, 0.1) is 0 Å². The molecule has 23 heavy (non-hydrogen) atoms. The summed E-state index contributed by atoms with van der Waals surface area (Å²) in [5, 5.41) is 9.94. The Morgan fingerprint density at radius 3 is 2.52 bits per heavy atom. The minimum absolute atomic E-state index is 0.187. The molecule has 2 heterocycles. The minimum Gasteiger partial charge on any atom is -0.392 e. The standard InChI is InChI=1S/C16H16F3N3O/c17-16(18,19)13-5-2-1-4-12(13)14-8-11(23)9-22(14)10-15-20-6-3-7-21-15/h1-7,11,14,23H,8-10H2. The number of hydrogen-bond acceptors (Lipinski definition) is 4. The third kappa shape index (κ3) is 3.51. The van der Waals surface area contributed by atoms with Gasteiger partial charge in [0.2, 0.25) is 0 Å². The van der Waals surface area contributed by atoms with Crippen molar-refractivity contribution in [3.05, 3.63) is 59.7 Å². The molecule has 2 atom stereocenters. The highest BCUT2D eigenvalue weighted by Gasteiger charge is 2.39. The topological polar surface area (TPSA) is 49.2 Å². The maximum atomic E-state index is 13.2. The van der Waals surface area contributed by atoms with Gasteiger partial charge in [-0.15, -0.1) is 0 Å². The van der Waals surface area contributed by atoms with Gasteiger partial charge in [0.25, 0.3) is 0 Å². The Bertz CT molecular complexity index is 663. The van der Waals surface area contributed by atoms with E-state index >= 15 is 0 Å². The molecule has 7 heteroatoms. The van der Waals surface area contributed by atoms with E-state index in [0.29, 0.717) is 18.9 Å². The highest BCUT2D eigenvalue weighted by atomic mass is 19.4. The molecule has 1 aliphatic rings. The van der Waals surface area contributed by atoms with Crippen molar-refractivity contribution in [1.82, 2.24) is 14.9 Å². The number of aliphatic hydroxyl groups is 1. The molecule has 4 nitrogen and oxygen atoms in total. The fourth-order valence-corrected chi connectivity index (χ4v) is 3.02. The SMILES string of the molecule is OC1CC(c2ccccc2C(F)(F)F)N(Cc2ncccn2)C1. The molecule has 0 aliphatic carbocycles.